The van der Waals surface area contributed by atoms with Crippen LogP contribution in [0.15, 0.2) is 30.5 Å². The first-order valence-electron chi connectivity index (χ1n) is 6.67. The topological polar surface area (TPSA) is 54.0 Å². The van der Waals surface area contributed by atoms with E-state index in [9.17, 15) is 4.79 Å². The van der Waals surface area contributed by atoms with E-state index >= 15 is 0 Å². The van der Waals surface area contributed by atoms with Crippen LogP contribution < -0.4 is 10.6 Å². The number of hydrogen-bond acceptors (Lipinski definition) is 5. The number of aromatic nitrogens is 1. The van der Waals surface area contributed by atoms with Crippen molar-refractivity contribution in [3.63, 3.8) is 0 Å². The second-order valence-corrected chi connectivity index (χ2v) is 5.59. The SMILES string of the molecule is CNCCCNc1ncc(C(=O)c2ccccc2C)s1. The second kappa shape index (κ2) is 7.17. The predicted molar refractivity (Wildman–Crippen MR) is 83.8 cm³/mol. The summed E-state index contributed by atoms with van der Waals surface area (Å²) < 4.78 is 0. The van der Waals surface area contributed by atoms with Crippen LogP contribution in [0.1, 0.15) is 27.2 Å². The van der Waals surface area contributed by atoms with E-state index in [-0.39, 0.29) is 5.78 Å². The standard InChI is InChI=1S/C15H19N3OS/c1-11-6-3-4-7-12(11)14(19)13-10-18-15(20-13)17-9-5-8-16-2/h3-4,6-7,10,16H,5,8-9H2,1-2H3,(H,17,18). The van der Waals surface area contributed by atoms with Gasteiger partial charge >= 0.3 is 0 Å². The van der Waals surface area contributed by atoms with E-state index in [1.165, 1.54) is 11.3 Å². The van der Waals surface area contributed by atoms with Crippen molar-refractivity contribution in [3.8, 4) is 0 Å². The third kappa shape index (κ3) is 3.65. The summed E-state index contributed by atoms with van der Waals surface area (Å²) in [6.07, 6.45) is 2.68. The van der Waals surface area contributed by atoms with E-state index in [0.717, 1.165) is 35.8 Å². The average molecular weight is 289 g/mol. The van der Waals surface area contributed by atoms with Gasteiger partial charge in [0.05, 0.1) is 11.1 Å². The quantitative estimate of drug-likeness (QED) is 0.608. The Labute approximate surface area is 123 Å². The average Bonchev–Trinajstić information content (AvgIpc) is 2.92. The number of ketones is 1. The molecule has 1 aromatic heterocycles. The number of nitrogens with one attached hydrogen (secondary N) is 2. The minimum Gasteiger partial charge on any atom is -0.361 e. The fourth-order valence-electron chi connectivity index (χ4n) is 1.88. The van der Waals surface area contributed by atoms with Crippen molar-refractivity contribution < 1.29 is 4.79 Å². The zero-order valence-electron chi connectivity index (χ0n) is 11.8. The highest BCUT2D eigenvalue weighted by Crippen LogP contribution is 2.22. The van der Waals surface area contributed by atoms with Gasteiger partial charge in [0.25, 0.3) is 0 Å². The van der Waals surface area contributed by atoms with Crippen LogP contribution in [0, 0.1) is 6.92 Å². The highest BCUT2D eigenvalue weighted by molar-refractivity contribution is 7.17. The number of rotatable bonds is 7. The monoisotopic (exact) mass is 289 g/mol. The lowest BCUT2D eigenvalue weighted by Gasteiger charge is -2.02. The van der Waals surface area contributed by atoms with Crippen LogP contribution in [0.2, 0.25) is 0 Å². The van der Waals surface area contributed by atoms with Gasteiger partial charge in [-0.25, -0.2) is 4.98 Å². The van der Waals surface area contributed by atoms with Crippen molar-refractivity contribution in [2.24, 2.45) is 0 Å². The molecule has 0 unspecified atom stereocenters. The molecule has 0 spiro atoms. The van der Waals surface area contributed by atoms with Crippen LogP contribution >= 0.6 is 11.3 Å². The van der Waals surface area contributed by atoms with Gasteiger partial charge in [0.15, 0.2) is 5.13 Å². The van der Waals surface area contributed by atoms with Crippen molar-refractivity contribution in [2.75, 3.05) is 25.5 Å². The number of hydrogen-bond donors (Lipinski definition) is 2. The summed E-state index contributed by atoms with van der Waals surface area (Å²) in [5.41, 5.74) is 1.74. The number of thiazole rings is 1. The van der Waals surface area contributed by atoms with Gasteiger partial charge in [-0.15, -0.1) is 0 Å². The van der Waals surface area contributed by atoms with E-state index in [0.29, 0.717) is 4.88 Å². The highest BCUT2D eigenvalue weighted by Gasteiger charge is 2.14. The van der Waals surface area contributed by atoms with Crippen molar-refractivity contribution in [1.82, 2.24) is 10.3 Å². The van der Waals surface area contributed by atoms with Crippen molar-refractivity contribution in [1.29, 1.82) is 0 Å². The summed E-state index contributed by atoms with van der Waals surface area (Å²) in [7, 11) is 1.93. The molecule has 0 saturated carbocycles. The van der Waals surface area contributed by atoms with Crippen molar-refractivity contribution in [3.05, 3.63) is 46.5 Å². The Hall–Kier alpha value is -1.72. The van der Waals surface area contributed by atoms with E-state index in [1.807, 2.05) is 38.2 Å². The molecule has 0 fully saturated rings. The molecule has 0 aliphatic rings. The molecule has 5 heteroatoms. The molecule has 1 aromatic carbocycles. The number of carbonyl (C=O) groups is 1. The second-order valence-electron chi connectivity index (χ2n) is 4.56. The minimum atomic E-state index is 0.0453. The highest BCUT2D eigenvalue weighted by atomic mass is 32.1. The minimum absolute atomic E-state index is 0.0453. The summed E-state index contributed by atoms with van der Waals surface area (Å²) in [6.45, 7) is 3.77. The first-order chi connectivity index (χ1) is 9.72. The Bertz CT molecular complexity index is 580. The normalized spacial score (nSPS) is 10.5. The van der Waals surface area contributed by atoms with Gasteiger partial charge in [-0.05, 0) is 32.5 Å². The number of carbonyl (C=O) groups excluding carboxylic acids is 1. The Morgan fingerprint density at radius 1 is 1.30 bits per heavy atom. The third-order valence-electron chi connectivity index (χ3n) is 3.00. The Morgan fingerprint density at radius 2 is 2.10 bits per heavy atom. The van der Waals surface area contributed by atoms with Crippen LogP contribution in [0.25, 0.3) is 0 Å². The lowest BCUT2D eigenvalue weighted by atomic mass is 10.0. The van der Waals surface area contributed by atoms with Gasteiger partial charge in [0.2, 0.25) is 5.78 Å². The van der Waals surface area contributed by atoms with Gasteiger partial charge < -0.3 is 10.6 Å². The first kappa shape index (κ1) is 14.7. The molecule has 4 nitrogen and oxygen atoms in total. The molecular weight excluding hydrogens is 270 g/mol. The summed E-state index contributed by atoms with van der Waals surface area (Å²) >= 11 is 1.41. The molecule has 0 amide bonds. The van der Waals surface area contributed by atoms with Gasteiger partial charge in [-0.3, -0.25) is 4.79 Å². The molecule has 20 heavy (non-hydrogen) atoms. The molecule has 2 aromatic rings. The number of anilines is 1. The van der Waals surface area contributed by atoms with Gasteiger partial charge in [0.1, 0.15) is 0 Å². The number of aryl methyl sites for hydroxylation is 1. The van der Waals surface area contributed by atoms with E-state index < -0.39 is 0 Å². The predicted octanol–water partition coefficient (Wildman–Crippen LogP) is 2.70. The van der Waals surface area contributed by atoms with E-state index in [2.05, 4.69) is 15.6 Å². The molecule has 2 rings (SSSR count). The molecule has 0 atom stereocenters. The summed E-state index contributed by atoms with van der Waals surface area (Å²) in [6, 6.07) is 7.63. The molecule has 0 aliphatic carbocycles. The zero-order chi connectivity index (χ0) is 14.4. The van der Waals surface area contributed by atoms with Crippen molar-refractivity contribution in [2.45, 2.75) is 13.3 Å². The van der Waals surface area contributed by atoms with Crippen LogP contribution in [0.4, 0.5) is 5.13 Å². The van der Waals surface area contributed by atoms with E-state index in [4.69, 9.17) is 0 Å². The molecular formula is C15H19N3OS. The fraction of sp³-hybridized carbons (Fsp3) is 0.333. The van der Waals surface area contributed by atoms with Crippen LogP contribution in [-0.4, -0.2) is 30.9 Å². The Morgan fingerprint density at radius 3 is 2.85 bits per heavy atom. The van der Waals surface area contributed by atoms with Gasteiger partial charge in [-0.2, -0.15) is 0 Å². The maximum absolute atomic E-state index is 12.4. The number of nitrogens with zero attached hydrogens (tertiary/aromatic N) is 1. The van der Waals surface area contributed by atoms with Crippen molar-refractivity contribution >= 4 is 22.3 Å². The first-order valence-corrected chi connectivity index (χ1v) is 7.48. The Balaban J connectivity index is 2.01. The van der Waals surface area contributed by atoms with Crippen LogP contribution in [-0.2, 0) is 0 Å². The van der Waals surface area contributed by atoms with Crippen LogP contribution in [0.3, 0.4) is 0 Å². The van der Waals surface area contributed by atoms with Gasteiger partial charge in [0, 0.05) is 12.1 Å². The summed E-state index contributed by atoms with van der Waals surface area (Å²) in [4.78, 5) is 17.3. The maximum atomic E-state index is 12.4. The van der Waals surface area contributed by atoms with Gasteiger partial charge in [-0.1, -0.05) is 35.6 Å². The molecule has 106 valence electrons. The maximum Gasteiger partial charge on any atom is 0.204 e. The lowest BCUT2D eigenvalue weighted by molar-refractivity contribution is 0.104. The largest absolute Gasteiger partial charge is 0.361 e. The smallest absolute Gasteiger partial charge is 0.204 e. The zero-order valence-corrected chi connectivity index (χ0v) is 12.6. The molecule has 1 heterocycles. The summed E-state index contributed by atoms with van der Waals surface area (Å²) in [5, 5.41) is 7.13. The molecule has 0 saturated heterocycles. The Kier molecular flexibility index (Phi) is 5.26. The number of benzene rings is 1. The molecule has 0 aliphatic heterocycles. The lowest BCUT2D eigenvalue weighted by Crippen LogP contribution is -2.12. The fourth-order valence-corrected chi connectivity index (χ4v) is 2.68. The molecule has 0 bridgehead atoms. The third-order valence-corrected chi connectivity index (χ3v) is 3.95. The summed E-state index contributed by atoms with van der Waals surface area (Å²) in [5.74, 6) is 0.0453. The van der Waals surface area contributed by atoms with Crippen LogP contribution in [0.5, 0.6) is 0 Å². The molecule has 2 N–H and O–H groups in total. The van der Waals surface area contributed by atoms with E-state index in [1.54, 1.807) is 6.20 Å². The molecule has 0 radical (unpaired) electrons.